The van der Waals surface area contributed by atoms with Crippen LogP contribution in [0.3, 0.4) is 0 Å². The second-order valence-corrected chi connectivity index (χ2v) is 10.5. The first-order chi connectivity index (χ1) is 15.2. The molecule has 1 aliphatic heterocycles. The number of amides is 1. The number of benzene rings is 2. The first-order valence-electron chi connectivity index (χ1n) is 10.4. The molecule has 168 valence electrons. The minimum atomic E-state index is -3.22. The molecule has 0 radical (unpaired) electrons. The highest BCUT2D eigenvalue weighted by Gasteiger charge is 2.36. The van der Waals surface area contributed by atoms with Crippen molar-refractivity contribution >= 4 is 26.7 Å². The zero-order valence-electron chi connectivity index (χ0n) is 18.3. The third-order valence-corrected chi connectivity index (χ3v) is 7.56. The second-order valence-electron chi connectivity index (χ2n) is 8.27. The van der Waals surface area contributed by atoms with Gasteiger partial charge in [0.2, 0.25) is 0 Å². The fraction of sp³-hybridized carbons (Fsp3) is 0.333. The van der Waals surface area contributed by atoms with E-state index in [9.17, 15) is 18.0 Å². The lowest BCUT2D eigenvalue weighted by Gasteiger charge is -2.28. The third-order valence-electron chi connectivity index (χ3n) is 5.80. The lowest BCUT2D eigenvalue weighted by Crippen LogP contribution is -2.40. The molecule has 1 atom stereocenters. The summed E-state index contributed by atoms with van der Waals surface area (Å²) in [6.45, 7) is 3.91. The minimum Gasteiger partial charge on any atom is -0.497 e. The monoisotopic (exact) mass is 455 g/mol. The summed E-state index contributed by atoms with van der Waals surface area (Å²) in [5.74, 6) is 0.0161. The van der Waals surface area contributed by atoms with Crippen LogP contribution in [0.4, 0.5) is 0 Å². The van der Waals surface area contributed by atoms with Crippen LogP contribution in [0, 0.1) is 13.8 Å². The molecule has 0 saturated carbocycles. The van der Waals surface area contributed by atoms with Gasteiger partial charge < -0.3 is 14.1 Å². The molecule has 1 aromatic heterocycles. The van der Waals surface area contributed by atoms with Crippen molar-refractivity contribution in [2.75, 3.05) is 18.6 Å². The van der Waals surface area contributed by atoms with Crippen molar-refractivity contribution in [2.24, 2.45) is 0 Å². The Labute approximate surface area is 186 Å². The zero-order valence-corrected chi connectivity index (χ0v) is 19.1. The summed E-state index contributed by atoms with van der Waals surface area (Å²) in [5, 5.41) is 0.442. The molecule has 1 unspecified atom stereocenters. The Morgan fingerprint density at radius 2 is 1.88 bits per heavy atom. The molecule has 0 aliphatic carbocycles. The number of hydrogen-bond donors (Lipinski definition) is 0. The van der Waals surface area contributed by atoms with Gasteiger partial charge in [-0.3, -0.25) is 9.59 Å². The molecule has 32 heavy (non-hydrogen) atoms. The number of fused-ring (bicyclic) bond motifs is 1. The summed E-state index contributed by atoms with van der Waals surface area (Å²) in [5.41, 5.74) is 2.57. The summed E-state index contributed by atoms with van der Waals surface area (Å²) in [7, 11) is -1.65. The molecular weight excluding hydrogens is 430 g/mol. The van der Waals surface area contributed by atoms with Crippen LogP contribution in [0.15, 0.2) is 51.7 Å². The molecule has 3 aromatic rings. The Balaban J connectivity index is 1.74. The van der Waals surface area contributed by atoms with Crippen LogP contribution in [-0.4, -0.2) is 43.9 Å². The van der Waals surface area contributed by atoms with Crippen LogP contribution >= 0.6 is 0 Å². The summed E-state index contributed by atoms with van der Waals surface area (Å²) in [6.07, 6.45) is 0.347. The Kier molecular flexibility index (Phi) is 5.81. The van der Waals surface area contributed by atoms with Crippen molar-refractivity contribution in [3.63, 3.8) is 0 Å². The maximum atomic E-state index is 13.5. The molecule has 0 spiro atoms. The van der Waals surface area contributed by atoms with Gasteiger partial charge in [-0.25, -0.2) is 8.42 Å². The van der Waals surface area contributed by atoms with Gasteiger partial charge in [0.25, 0.3) is 5.91 Å². The molecule has 7 nitrogen and oxygen atoms in total. The molecule has 1 saturated heterocycles. The average Bonchev–Trinajstić information content (AvgIpc) is 3.10. The normalized spacial score (nSPS) is 17.4. The Morgan fingerprint density at radius 3 is 2.50 bits per heavy atom. The smallest absolute Gasteiger partial charge is 0.290 e. The first-order valence-corrected chi connectivity index (χ1v) is 12.2. The average molecular weight is 456 g/mol. The van der Waals surface area contributed by atoms with Crippen LogP contribution in [0.5, 0.6) is 5.75 Å². The maximum Gasteiger partial charge on any atom is 0.290 e. The van der Waals surface area contributed by atoms with E-state index in [2.05, 4.69) is 0 Å². The van der Waals surface area contributed by atoms with Crippen molar-refractivity contribution < 1.29 is 22.4 Å². The Hall–Kier alpha value is -3.13. The molecule has 1 amide bonds. The number of carbonyl (C=O) groups is 1. The zero-order chi connectivity index (χ0) is 23.0. The van der Waals surface area contributed by atoms with E-state index >= 15 is 0 Å². The predicted molar refractivity (Wildman–Crippen MR) is 122 cm³/mol. The van der Waals surface area contributed by atoms with E-state index in [1.54, 1.807) is 25.3 Å². The number of aryl methyl sites for hydroxylation is 2. The number of methoxy groups -OCH3 is 1. The van der Waals surface area contributed by atoms with Gasteiger partial charge in [0, 0.05) is 18.7 Å². The van der Waals surface area contributed by atoms with Crippen molar-refractivity contribution in [1.82, 2.24) is 4.90 Å². The summed E-state index contributed by atoms with van der Waals surface area (Å²) in [6, 6.07) is 11.6. The van der Waals surface area contributed by atoms with Gasteiger partial charge >= 0.3 is 0 Å². The van der Waals surface area contributed by atoms with E-state index in [1.807, 2.05) is 32.0 Å². The van der Waals surface area contributed by atoms with Crippen LogP contribution in [0.1, 0.15) is 33.7 Å². The fourth-order valence-electron chi connectivity index (χ4n) is 4.23. The highest BCUT2D eigenvalue weighted by atomic mass is 32.2. The third kappa shape index (κ3) is 4.41. The van der Waals surface area contributed by atoms with Gasteiger partial charge in [-0.05, 0) is 55.2 Å². The van der Waals surface area contributed by atoms with E-state index in [-0.39, 0.29) is 29.2 Å². The van der Waals surface area contributed by atoms with Crippen LogP contribution in [0.2, 0.25) is 0 Å². The SMILES string of the molecule is COc1ccc(CN(C(=O)c2cc(=O)c3c(C)cc(C)cc3o2)C2CCS(=O)(=O)C2)cc1. The molecule has 4 rings (SSSR count). The summed E-state index contributed by atoms with van der Waals surface area (Å²) < 4.78 is 35.3. The Bertz CT molecular complexity index is 1340. The number of rotatable bonds is 5. The molecule has 2 aromatic carbocycles. The molecular formula is C24H25NO6S. The molecule has 0 bridgehead atoms. The van der Waals surface area contributed by atoms with Gasteiger partial charge in [-0.2, -0.15) is 0 Å². The van der Waals surface area contributed by atoms with Gasteiger partial charge in [-0.15, -0.1) is 0 Å². The van der Waals surface area contributed by atoms with Crippen LogP contribution in [-0.2, 0) is 16.4 Å². The van der Waals surface area contributed by atoms with E-state index in [4.69, 9.17) is 9.15 Å². The number of nitrogens with zero attached hydrogens (tertiary/aromatic N) is 1. The number of hydrogen-bond acceptors (Lipinski definition) is 6. The Morgan fingerprint density at radius 1 is 1.16 bits per heavy atom. The predicted octanol–water partition coefficient (Wildman–Crippen LogP) is 3.25. The van der Waals surface area contributed by atoms with Crippen molar-refractivity contribution in [3.05, 3.63) is 75.1 Å². The van der Waals surface area contributed by atoms with Crippen molar-refractivity contribution in [1.29, 1.82) is 0 Å². The van der Waals surface area contributed by atoms with Gasteiger partial charge in [0.05, 0.1) is 24.0 Å². The van der Waals surface area contributed by atoms with Gasteiger partial charge in [0.15, 0.2) is 21.0 Å². The van der Waals surface area contributed by atoms with E-state index < -0.39 is 21.8 Å². The summed E-state index contributed by atoms with van der Waals surface area (Å²) >= 11 is 0. The van der Waals surface area contributed by atoms with E-state index in [0.29, 0.717) is 23.1 Å². The van der Waals surface area contributed by atoms with Crippen molar-refractivity contribution in [2.45, 2.75) is 32.9 Å². The fourth-order valence-corrected chi connectivity index (χ4v) is 5.96. The molecule has 1 fully saturated rings. The minimum absolute atomic E-state index is 0.0319. The van der Waals surface area contributed by atoms with E-state index in [0.717, 1.165) is 16.7 Å². The molecule has 1 aliphatic rings. The molecule has 2 heterocycles. The largest absolute Gasteiger partial charge is 0.497 e. The number of ether oxygens (including phenoxy) is 1. The van der Waals surface area contributed by atoms with Gasteiger partial charge in [-0.1, -0.05) is 18.2 Å². The topological polar surface area (TPSA) is 93.9 Å². The molecule has 0 N–H and O–H groups in total. The number of carbonyl (C=O) groups excluding carboxylic acids is 1. The van der Waals surface area contributed by atoms with Crippen LogP contribution in [0.25, 0.3) is 11.0 Å². The lowest BCUT2D eigenvalue weighted by atomic mass is 10.1. The highest BCUT2D eigenvalue weighted by molar-refractivity contribution is 7.91. The maximum absolute atomic E-state index is 13.5. The highest BCUT2D eigenvalue weighted by Crippen LogP contribution is 2.25. The van der Waals surface area contributed by atoms with Crippen LogP contribution < -0.4 is 10.2 Å². The quantitative estimate of drug-likeness (QED) is 0.586. The first kappa shape index (κ1) is 22.1. The van der Waals surface area contributed by atoms with E-state index in [1.165, 1.54) is 11.0 Å². The number of sulfone groups is 1. The lowest BCUT2D eigenvalue weighted by molar-refractivity contribution is 0.0648. The second kappa shape index (κ2) is 8.43. The summed E-state index contributed by atoms with van der Waals surface area (Å²) in [4.78, 5) is 27.8. The molecule has 8 heteroatoms. The van der Waals surface area contributed by atoms with Crippen molar-refractivity contribution in [3.8, 4) is 5.75 Å². The van der Waals surface area contributed by atoms with Gasteiger partial charge in [0.1, 0.15) is 11.3 Å². The standard InChI is InChI=1S/C24H25NO6S/c1-15-10-16(2)23-20(26)12-22(31-21(23)11-15)24(27)25(18-8-9-32(28,29)14-18)13-17-4-6-19(30-3)7-5-17/h4-7,10-12,18H,8-9,13-14H2,1-3H3.